The monoisotopic (exact) mass is 357 g/mol. The van der Waals surface area contributed by atoms with E-state index in [1.54, 1.807) is 0 Å². The van der Waals surface area contributed by atoms with Gasteiger partial charge in [-0.25, -0.2) is 4.98 Å². The van der Waals surface area contributed by atoms with E-state index in [0.717, 1.165) is 27.7 Å². The largest absolute Gasteiger partial charge is 0.296 e. The predicted octanol–water partition coefficient (Wildman–Crippen LogP) is 4.85. The van der Waals surface area contributed by atoms with Gasteiger partial charge >= 0.3 is 0 Å². The first-order valence-electron chi connectivity index (χ1n) is 8.47. The van der Waals surface area contributed by atoms with Gasteiger partial charge < -0.3 is 0 Å². The molecule has 3 aliphatic carbocycles. The van der Waals surface area contributed by atoms with E-state index in [0.29, 0.717) is 5.92 Å². The maximum absolute atomic E-state index is 4.89. The summed E-state index contributed by atoms with van der Waals surface area (Å²) in [4.78, 5) is 9.47. The van der Waals surface area contributed by atoms with E-state index in [2.05, 4.69) is 37.6 Å². The first-order valence-corrected chi connectivity index (χ1v) is 9.26. The number of allylic oxidation sites excluding steroid dienone is 1. The van der Waals surface area contributed by atoms with Gasteiger partial charge in [0.2, 0.25) is 0 Å². The van der Waals surface area contributed by atoms with E-state index < -0.39 is 0 Å². The van der Waals surface area contributed by atoms with Crippen LogP contribution in [-0.2, 0) is 6.42 Å². The summed E-state index contributed by atoms with van der Waals surface area (Å²) in [7, 11) is 0. The van der Waals surface area contributed by atoms with Crippen molar-refractivity contribution in [2.75, 3.05) is 0 Å². The molecule has 1 spiro atoms. The van der Waals surface area contributed by atoms with Crippen LogP contribution in [-0.4, -0.2) is 14.4 Å². The maximum Gasteiger partial charge on any atom is 0.156 e. The summed E-state index contributed by atoms with van der Waals surface area (Å²) < 4.78 is 3.39. The summed E-state index contributed by atoms with van der Waals surface area (Å²) in [6.07, 6.45) is 17.2. The summed E-state index contributed by atoms with van der Waals surface area (Å²) in [5.41, 5.74) is 5.34. The highest BCUT2D eigenvalue weighted by molar-refractivity contribution is 9.15. The molecule has 2 fully saturated rings. The third-order valence-corrected chi connectivity index (χ3v) is 6.88. The first-order chi connectivity index (χ1) is 10.7. The van der Waals surface area contributed by atoms with Crippen LogP contribution < -0.4 is 0 Å². The fourth-order valence-corrected chi connectivity index (χ4v) is 5.19. The maximum atomic E-state index is 4.89. The second-order valence-electron chi connectivity index (χ2n) is 7.33. The van der Waals surface area contributed by atoms with Crippen molar-refractivity contribution in [1.82, 2.24) is 14.4 Å². The van der Waals surface area contributed by atoms with Crippen LogP contribution in [0.1, 0.15) is 67.9 Å². The molecule has 2 heterocycles. The van der Waals surface area contributed by atoms with E-state index in [4.69, 9.17) is 4.98 Å². The Morgan fingerprint density at radius 1 is 1.18 bits per heavy atom. The number of imidazole rings is 1. The van der Waals surface area contributed by atoms with E-state index in [-0.39, 0.29) is 0 Å². The summed E-state index contributed by atoms with van der Waals surface area (Å²) in [5.74, 6) is 0.644. The van der Waals surface area contributed by atoms with Gasteiger partial charge in [0.25, 0.3) is 0 Å². The van der Waals surface area contributed by atoms with Crippen LogP contribution in [0, 0.1) is 5.41 Å². The molecule has 0 radical (unpaired) electrons. The normalized spacial score (nSPS) is 23.6. The molecule has 0 unspecified atom stereocenters. The minimum Gasteiger partial charge on any atom is -0.296 e. The van der Waals surface area contributed by atoms with Crippen molar-refractivity contribution < 1.29 is 0 Å². The summed E-state index contributed by atoms with van der Waals surface area (Å²) in [6.45, 7) is 0. The molecule has 0 N–H and O–H groups in total. The van der Waals surface area contributed by atoms with E-state index in [1.165, 1.54) is 56.3 Å². The molecule has 2 aromatic heterocycles. The lowest BCUT2D eigenvalue weighted by Gasteiger charge is -2.46. The van der Waals surface area contributed by atoms with E-state index in [9.17, 15) is 0 Å². The van der Waals surface area contributed by atoms with Crippen molar-refractivity contribution >= 4 is 26.1 Å². The highest BCUT2D eigenvalue weighted by atomic mass is 79.9. The predicted molar refractivity (Wildman–Crippen MR) is 91.1 cm³/mol. The van der Waals surface area contributed by atoms with Crippen LogP contribution in [0.5, 0.6) is 0 Å². The fraction of sp³-hybridized carbons (Fsp3) is 0.556. The number of rotatable bonds is 1. The number of nitrogens with zero attached hydrogens (tertiary/aromatic N) is 3. The molecular formula is C18H20BrN3. The van der Waals surface area contributed by atoms with Gasteiger partial charge in [-0.1, -0.05) is 12.5 Å². The third-order valence-electron chi connectivity index (χ3n) is 6.18. The molecule has 5 rings (SSSR count). The fourth-order valence-electron chi connectivity index (χ4n) is 4.60. The molecule has 0 aliphatic heterocycles. The standard InChI is InChI=1S/C18H20BrN3/c19-13-2-3-14-17(13)22-11-15(21-16(22)10-20-14)12-4-8-18(9-5-12)6-1-7-18/h2,10-12H,1,3-9H2. The Balaban J connectivity index is 1.49. The molecule has 0 amide bonds. The molecule has 0 aromatic carbocycles. The average molecular weight is 358 g/mol. The SMILES string of the molecule is BrC1=CCc2ncc3nc(C4CCC5(CCC5)CC4)cn3c21. The smallest absolute Gasteiger partial charge is 0.156 e. The van der Waals surface area contributed by atoms with Gasteiger partial charge in [0.1, 0.15) is 0 Å². The Hall–Kier alpha value is -1.16. The number of hydrogen-bond acceptors (Lipinski definition) is 2. The van der Waals surface area contributed by atoms with Crippen LogP contribution in [0.4, 0.5) is 0 Å². The van der Waals surface area contributed by atoms with Crippen LogP contribution in [0.2, 0.25) is 0 Å². The molecule has 0 bridgehead atoms. The van der Waals surface area contributed by atoms with Crippen molar-refractivity contribution in [3.8, 4) is 0 Å². The number of halogens is 1. The molecule has 3 nitrogen and oxygen atoms in total. The number of aromatic nitrogens is 3. The van der Waals surface area contributed by atoms with E-state index >= 15 is 0 Å². The second kappa shape index (κ2) is 4.67. The zero-order chi connectivity index (χ0) is 14.7. The van der Waals surface area contributed by atoms with Crippen LogP contribution in [0.15, 0.2) is 18.5 Å². The number of fused-ring (bicyclic) bond motifs is 3. The van der Waals surface area contributed by atoms with Gasteiger partial charge in [0, 0.05) is 23.0 Å². The van der Waals surface area contributed by atoms with Crippen molar-refractivity contribution in [2.24, 2.45) is 5.41 Å². The average Bonchev–Trinajstić information content (AvgIpc) is 3.09. The molecule has 114 valence electrons. The van der Waals surface area contributed by atoms with Gasteiger partial charge in [0.05, 0.1) is 23.3 Å². The molecule has 3 aliphatic rings. The zero-order valence-corrected chi connectivity index (χ0v) is 14.3. The van der Waals surface area contributed by atoms with Crippen molar-refractivity contribution in [1.29, 1.82) is 0 Å². The lowest BCUT2D eigenvalue weighted by Crippen LogP contribution is -2.33. The molecule has 0 saturated heterocycles. The minimum atomic E-state index is 0.644. The highest BCUT2D eigenvalue weighted by Crippen LogP contribution is 2.54. The summed E-state index contributed by atoms with van der Waals surface area (Å²) in [6, 6.07) is 0. The van der Waals surface area contributed by atoms with Gasteiger partial charge in [0.15, 0.2) is 5.65 Å². The van der Waals surface area contributed by atoms with Gasteiger partial charge in [-0.05, 0) is 59.9 Å². The Labute approximate surface area is 139 Å². The lowest BCUT2D eigenvalue weighted by molar-refractivity contribution is 0.0688. The molecular weight excluding hydrogens is 338 g/mol. The van der Waals surface area contributed by atoms with Crippen LogP contribution in [0.25, 0.3) is 10.1 Å². The highest BCUT2D eigenvalue weighted by Gasteiger charge is 2.40. The third kappa shape index (κ3) is 1.86. The Morgan fingerprint density at radius 2 is 2.00 bits per heavy atom. The summed E-state index contributed by atoms with van der Waals surface area (Å²) in [5, 5.41) is 0. The molecule has 22 heavy (non-hydrogen) atoms. The lowest BCUT2D eigenvalue weighted by atomic mass is 9.59. The molecule has 2 saturated carbocycles. The van der Waals surface area contributed by atoms with Crippen molar-refractivity contribution in [2.45, 2.75) is 57.3 Å². The van der Waals surface area contributed by atoms with Gasteiger partial charge in [-0.3, -0.25) is 9.38 Å². The van der Waals surface area contributed by atoms with Crippen molar-refractivity contribution in [3.63, 3.8) is 0 Å². The number of hydrogen-bond donors (Lipinski definition) is 0. The topological polar surface area (TPSA) is 30.2 Å². The van der Waals surface area contributed by atoms with Crippen LogP contribution in [0.3, 0.4) is 0 Å². The summed E-state index contributed by atoms with van der Waals surface area (Å²) >= 11 is 3.67. The first kappa shape index (κ1) is 13.3. The second-order valence-corrected chi connectivity index (χ2v) is 8.19. The molecule has 4 heteroatoms. The van der Waals surface area contributed by atoms with Crippen LogP contribution >= 0.6 is 15.9 Å². The Kier molecular flexibility index (Phi) is 2.82. The van der Waals surface area contributed by atoms with Gasteiger partial charge in [-0.2, -0.15) is 0 Å². The quantitative estimate of drug-likeness (QED) is 0.730. The zero-order valence-electron chi connectivity index (χ0n) is 12.7. The van der Waals surface area contributed by atoms with E-state index in [1.807, 2.05) is 6.20 Å². The Morgan fingerprint density at radius 3 is 2.73 bits per heavy atom. The minimum absolute atomic E-state index is 0.644. The Bertz CT molecular complexity index is 775. The van der Waals surface area contributed by atoms with Gasteiger partial charge in [-0.15, -0.1) is 0 Å². The van der Waals surface area contributed by atoms with Crippen molar-refractivity contribution in [3.05, 3.63) is 35.6 Å². The molecule has 2 aromatic rings. The molecule has 0 atom stereocenters.